The van der Waals surface area contributed by atoms with Crippen LogP contribution in [-0.4, -0.2) is 25.7 Å². The van der Waals surface area contributed by atoms with E-state index in [-0.39, 0.29) is 12.5 Å². The third-order valence-corrected chi connectivity index (χ3v) is 3.33. The van der Waals surface area contributed by atoms with E-state index in [1.54, 1.807) is 0 Å². The summed E-state index contributed by atoms with van der Waals surface area (Å²) in [6.45, 7) is 0.810. The molecule has 19 heavy (non-hydrogen) atoms. The topological polar surface area (TPSA) is 64.3 Å². The summed E-state index contributed by atoms with van der Waals surface area (Å²) < 4.78 is 6.11. The smallest absolute Gasteiger partial charge is 0.250 e. The average molecular weight is 323 g/mol. The quantitative estimate of drug-likeness (QED) is 0.831. The van der Waals surface area contributed by atoms with Gasteiger partial charge in [-0.25, -0.2) is 0 Å². The summed E-state index contributed by atoms with van der Waals surface area (Å²) in [6, 6.07) is 11.7. The summed E-state index contributed by atoms with van der Waals surface area (Å²) >= 11 is 3.50. The minimum absolute atomic E-state index is 0.0155. The van der Waals surface area contributed by atoms with Crippen LogP contribution in [0.5, 0.6) is 0 Å². The van der Waals surface area contributed by atoms with Gasteiger partial charge in [-0.2, -0.15) is 0 Å². The maximum Gasteiger partial charge on any atom is 0.250 e. The SMILES string of the molecule is NCCOCC(=O)Nc1ccc(Br)c2ccccc12. The molecule has 0 unspecified atom stereocenters. The molecule has 0 saturated carbocycles. The van der Waals surface area contributed by atoms with E-state index in [9.17, 15) is 4.79 Å². The molecule has 0 fully saturated rings. The number of ether oxygens (including phenoxy) is 1. The molecular formula is C14H15BrN2O2. The molecule has 0 aromatic heterocycles. The molecule has 2 rings (SSSR count). The Morgan fingerprint density at radius 1 is 1.21 bits per heavy atom. The highest BCUT2D eigenvalue weighted by Crippen LogP contribution is 2.29. The van der Waals surface area contributed by atoms with Crippen LogP contribution >= 0.6 is 15.9 Å². The minimum Gasteiger partial charge on any atom is -0.370 e. The van der Waals surface area contributed by atoms with E-state index >= 15 is 0 Å². The molecule has 5 heteroatoms. The molecular weight excluding hydrogens is 308 g/mol. The van der Waals surface area contributed by atoms with Gasteiger partial charge in [-0.05, 0) is 17.5 Å². The second-order valence-corrected chi connectivity index (χ2v) is 4.88. The highest BCUT2D eigenvalue weighted by atomic mass is 79.9. The van der Waals surface area contributed by atoms with E-state index in [2.05, 4.69) is 21.2 Å². The fourth-order valence-corrected chi connectivity index (χ4v) is 2.28. The summed E-state index contributed by atoms with van der Waals surface area (Å²) in [5.74, 6) is -0.180. The Morgan fingerprint density at radius 2 is 1.95 bits per heavy atom. The largest absolute Gasteiger partial charge is 0.370 e. The molecule has 0 atom stereocenters. The highest BCUT2D eigenvalue weighted by molar-refractivity contribution is 9.10. The first kappa shape index (κ1) is 14.0. The van der Waals surface area contributed by atoms with Crippen molar-refractivity contribution < 1.29 is 9.53 Å². The number of nitrogens with two attached hydrogens (primary N) is 1. The zero-order valence-electron chi connectivity index (χ0n) is 10.4. The fraction of sp³-hybridized carbons (Fsp3) is 0.214. The Kier molecular flexibility index (Phi) is 4.90. The van der Waals surface area contributed by atoms with Crippen LogP contribution in [0, 0.1) is 0 Å². The summed E-state index contributed by atoms with van der Waals surface area (Å²) in [5.41, 5.74) is 6.07. The molecule has 1 amide bonds. The van der Waals surface area contributed by atoms with Crippen molar-refractivity contribution in [1.82, 2.24) is 0 Å². The highest BCUT2D eigenvalue weighted by Gasteiger charge is 2.07. The van der Waals surface area contributed by atoms with Gasteiger partial charge in [0.15, 0.2) is 0 Å². The third kappa shape index (κ3) is 3.53. The van der Waals surface area contributed by atoms with E-state index in [1.165, 1.54) is 0 Å². The monoisotopic (exact) mass is 322 g/mol. The van der Waals surface area contributed by atoms with Crippen molar-refractivity contribution in [2.75, 3.05) is 25.1 Å². The first-order valence-electron chi connectivity index (χ1n) is 5.97. The molecule has 0 aliphatic rings. The number of amides is 1. The van der Waals surface area contributed by atoms with Gasteiger partial charge in [-0.3, -0.25) is 4.79 Å². The van der Waals surface area contributed by atoms with Crippen LogP contribution in [0.2, 0.25) is 0 Å². The summed E-state index contributed by atoms with van der Waals surface area (Å²) in [5, 5.41) is 4.89. The summed E-state index contributed by atoms with van der Waals surface area (Å²) in [4.78, 5) is 11.7. The van der Waals surface area contributed by atoms with Gasteiger partial charge in [-0.15, -0.1) is 0 Å². The summed E-state index contributed by atoms with van der Waals surface area (Å²) in [7, 11) is 0. The summed E-state index contributed by atoms with van der Waals surface area (Å²) in [6.07, 6.45) is 0. The number of nitrogens with one attached hydrogen (secondary N) is 1. The Hall–Kier alpha value is -1.43. The standard InChI is InChI=1S/C14H15BrN2O2/c15-12-5-6-13(11-4-2-1-3-10(11)12)17-14(18)9-19-8-7-16/h1-6H,7-9,16H2,(H,17,18). The number of benzene rings is 2. The van der Waals surface area contributed by atoms with Crippen molar-refractivity contribution in [2.45, 2.75) is 0 Å². The van der Waals surface area contributed by atoms with E-state index < -0.39 is 0 Å². The molecule has 0 aliphatic heterocycles. The van der Waals surface area contributed by atoms with Crippen LogP contribution in [0.3, 0.4) is 0 Å². The van der Waals surface area contributed by atoms with Crippen molar-refractivity contribution in [3.63, 3.8) is 0 Å². The number of carbonyl (C=O) groups excluding carboxylic acids is 1. The Bertz CT molecular complexity index is 587. The molecule has 3 N–H and O–H groups in total. The molecule has 0 spiro atoms. The van der Waals surface area contributed by atoms with Crippen molar-refractivity contribution in [3.8, 4) is 0 Å². The lowest BCUT2D eigenvalue weighted by molar-refractivity contribution is -0.120. The number of hydrogen-bond acceptors (Lipinski definition) is 3. The minimum atomic E-state index is -0.180. The Balaban J connectivity index is 2.17. The molecule has 4 nitrogen and oxygen atoms in total. The first-order valence-corrected chi connectivity index (χ1v) is 6.76. The molecule has 100 valence electrons. The first-order chi connectivity index (χ1) is 9.22. The predicted molar refractivity (Wildman–Crippen MR) is 80.2 cm³/mol. The van der Waals surface area contributed by atoms with Gasteiger partial charge >= 0.3 is 0 Å². The normalized spacial score (nSPS) is 10.6. The van der Waals surface area contributed by atoms with Crippen LogP contribution in [0.25, 0.3) is 10.8 Å². The molecule has 0 aliphatic carbocycles. The van der Waals surface area contributed by atoms with Crippen LogP contribution in [-0.2, 0) is 9.53 Å². The van der Waals surface area contributed by atoms with Crippen molar-refractivity contribution >= 4 is 38.3 Å². The van der Waals surface area contributed by atoms with E-state index in [1.807, 2.05) is 36.4 Å². The fourth-order valence-electron chi connectivity index (χ4n) is 1.81. The van der Waals surface area contributed by atoms with Gasteiger partial charge in [0.05, 0.1) is 6.61 Å². The van der Waals surface area contributed by atoms with Crippen molar-refractivity contribution in [3.05, 3.63) is 40.9 Å². The molecule has 0 bridgehead atoms. The second kappa shape index (κ2) is 6.65. The van der Waals surface area contributed by atoms with Gasteiger partial charge in [0.25, 0.3) is 0 Å². The van der Waals surface area contributed by atoms with Gasteiger partial charge in [-0.1, -0.05) is 40.2 Å². The van der Waals surface area contributed by atoms with Crippen LogP contribution < -0.4 is 11.1 Å². The molecule has 2 aromatic rings. The van der Waals surface area contributed by atoms with Gasteiger partial charge in [0, 0.05) is 22.1 Å². The third-order valence-electron chi connectivity index (χ3n) is 2.64. The van der Waals surface area contributed by atoms with Crippen molar-refractivity contribution in [2.24, 2.45) is 5.73 Å². The van der Waals surface area contributed by atoms with Gasteiger partial charge < -0.3 is 15.8 Å². The number of halogens is 1. The van der Waals surface area contributed by atoms with E-state index in [0.29, 0.717) is 13.2 Å². The Morgan fingerprint density at radius 3 is 2.68 bits per heavy atom. The van der Waals surface area contributed by atoms with Crippen LogP contribution in [0.4, 0.5) is 5.69 Å². The number of anilines is 1. The van der Waals surface area contributed by atoms with E-state index in [0.717, 1.165) is 20.9 Å². The maximum absolute atomic E-state index is 11.7. The molecule has 2 aromatic carbocycles. The van der Waals surface area contributed by atoms with Crippen molar-refractivity contribution in [1.29, 1.82) is 0 Å². The second-order valence-electron chi connectivity index (χ2n) is 4.03. The lowest BCUT2D eigenvalue weighted by Crippen LogP contribution is -2.20. The predicted octanol–water partition coefficient (Wildman–Crippen LogP) is 2.52. The number of carbonyl (C=O) groups is 1. The zero-order valence-corrected chi connectivity index (χ0v) is 11.9. The van der Waals surface area contributed by atoms with Gasteiger partial charge in [0.1, 0.15) is 6.61 Å². The number of rotatable bonds is 5. The van der Waals surface area contributed by atoms with Gasteiger partial charge in [0.2, 0.25) is 5.91 Å². The average Bonchev–Trinajstić information content (AvgIpc) is 2.43. The van der Waals surface area contributed by atoms with Crippen LogP contribution in [0.1, 0.15) is 0 Å². The number of hydrogen-bond donors (Lipinski definition) is 2. The number of fused-ring (bicyclic) bond motifs is 1. The lowest BCUT2D eigenvalue weighted by atomic mass is 10.1. The molecule has 0 heterocycles. The molecule has 0 radical (unpaired) electrons. The van der Waals surface area contributed by atoms with E-state index in [4.69, 9.17) is 10.5 Å². The Labute approximate surface area is 120 Å². The maximum atomic E-state index is 11.7. The lowest BCUT2D eigenvalue weighted by Gasteiger charge is -2.10. The van der Waals surface area contributed by atoms with Crippen LogP contribution in [0.15, 0.2) is 40.9 Å². The zero-order chi connectivity index (χ0) is 13.7. The molecule has 0 saturated heterocycles.